The lowest BCUT2D eigenvalue weighted by atomic mass is 9.87. The first-order valence-corrected chi connectivity index (χ1v) is 5.30. The third-order valence-corrected chi connectivity index (χ3v) is 3.36. The molecule has 1 aromatic heterocycles. The Hall–Kier alpha value is -0.800. The molecular weight excluding hydrogens is 214 g/mol. The van der Waals surface area contributed by atoms with Gasteiger partial charge in [0.25, 0.3) is 0 Å². The molecule has 0 aliphatic carbocycles. The Bertz CT molecular complexity index is 416. The molecular formula is C11H15ClNO2+. The molecule has 0 fully saturated rings. The summed E-state index contributed by atoms with van der Waals surface area (Å²) in [6.07, 6.45) is 0. The number of fused-ring (bicyclic) bond motifs is 1. The van der Waals surface area contributed by atoms with E-state index in [0.717, 1.165) is 17.0 Å². The second-order valence-electron chi connectivity index (χ2n) is 4.56. The van der Waals surface area contributed by atoms with Crippen LogP contribution in [0.1, 0.15) is 25.1 Å². The molecule has 82 valence electrons. The minimum absolute atomic E-state index is 0.0143. The Balaban J connectivity index is 2.67. The van der Waals surface area contributed by atoms with Crippen molar-refractivity contribution in [3.63, 3.8) is 0 Å². The number of ether oxygens (including phenoxy) is 1. The largest absolute Gasteiger partial charge is 0.485 e. The number of halogens is 1. The Morgan fingerprint density at radius 1 is 1.60 bits per heavy atom. The Labute approximate surface area is 94.3 Å². The first kappa shape index (κ1) is 10.7. The van der Waals surface area contributed by atoms with Crippen LogP contribution in [0.3, 0.4) is 0 Å². The van der Waals surface area contributed by atoms with E-state index >= 15 is 0 Å². The average molecular weight is 229 g/mol. The molecule has 15 heavy (non-hydrogen) atoms. The van der Waals surface area contributed by atoms with E-state index in [1.165, 1.54) is 0 Å². The van der Waals surface area contributed by atoms with Crippen molar-refractivity contribution >= 4 is 11.6 Å². The van der Waals surface area contributed by atoms with Crippen molar-refractivity contribution in [1.29, 1.82) is 0 Å². The zero-order valence-corrected chi connectivity index (χ0v) is 9.93. The molecule has 1 aromatic rings. The number of hydrogen-bond acceptors (Lipinski definition) is 2. The number of hydrogen-bond donors (Lipinski definition) is 1. The van der Waals surface area contributed by atoms with Crippen molar-refractivity contribution in [3.05, 3.63) is 22.5 Å². The quantitative estimate of drug-likeness (QED) is 0.581. The number of rotatable bonds is 1. The molecule has 0 unspecified atom stereocenters. The molecule has 0 bridgehead atoms. The van der Waals surface area contributed by atoms with Gasteiger partial charge in [-0.2, -0.15) is 4.57 Å². The highest BCUT2D eigenvalue weighted by Gasteiger charge is 2.37. The zero-order valence-electron chi connectivity index (χ0n) is 9.17. The molecule has 0 aromatic carbocycles. The maximum absolute atomic E-state index is 9.22. The van der Waals surface area contributed by atoms with Gasteiger partial charge in [0.2, 0.25) is 11.4 Å². The van der Waals surface area contributed by atoms with Crippen LogP contribution in [-0.4, -0.2) is 11.7 Å². The van der Waals surface area contributed by atoms with E-state index in [0.29, 0.717) is 11.8 Å². The number of aliphatic hydroxyl groups is 1. The lowest BCUT2D eigenvalue weighted by Gasteiger charge is -2.14. The molecule has 1 aliphatic rings. The molecule has 0 amide bonds. The van der Waals surface area contributed by atoms with E-state index in [1.807, 2.05) is 13.1 Å². The van der Waals surface area contributed by atoms with Gasteiger partial charge in [-0.25, -0.2) is 0 Å². The highest BCUT2D eigenvalue weighted by Crippen LogP contribution is 2.41. The molecule has 2 heterocycles. The van der Waals surface area contributed by atoms with Crippen LogP contribution < -0.4 is 9.30 Å². The second kappa shape index (κ2) is 3.35. The van der Waals surface area contributed by atoms with Gasteiger partial charge in [-0.3, -0.25) is 0 Å². The van der Waals surface area contributed by atoms with Crippen LogP contribution >= 0.6 is 11.6 Å². The van der Waals surface area contributed by atoms with Crippen molar-refractivity contribution < 1.29 is 14.4 Å². The third-order valence-electron chi connectivity index (χ3n) is 2.94. The Kier molecular flexibility index (Phi) is 2.40. The molecule has 1 N–H and O–H groups in total. The number of aliphatic hydroxyl groups excluding tert-OH is 1. The molecule has 0 saturated heterocycles. The maximum atomic E-state index is 9.22. The molecule has 2 rings (SSSR count). The lowest BCUT2D eigenvalue weighted by Crippen LogP contribution is -2.35. The van der Waals surface area contributed by atoms with E-state index in [9.17, 15) is 5.11 Å². The van der Waals surface area contributed by atoms with Crippen molar-refractivity contribution in [2.24, 2.45) is 7.05 Å². The van der Waals surface area contributed by atoms with Crippen LogP contribution in [0.15, 0.2) is 6.07 Å². The fraction of sp³-hybridized carbons (Fsp3) is 0.545. The number of pyridine rings is 1. The van der Waals surface area contributed by atoms with Crippen molar-refractivity contribution in [1.82, 2.24) is 0 Å². The Morgan fingerprint density at radius 3 is 2.87 bits per heavy atom. The second-order valence-corrected chi connectivity index (χ2v) is 4.92. The highest BCUT2D eigenvalue weighted by atomic mass is 35.5. The van der Waals surface area contributed by atoms with Crippen molar-refractivity contribution in [3.8, 4) is 5.75 Å². The van der Waals surface area contributed by atoms with E-state index < -0.39 is 0 Å². The van der Waals surface area contributed by atoms with E-state index in [-0.39, 0.29) is 12.0 Å². The van der Waals surface area contributed by atoms with Gasteiger partial charge in [0.05, 0.1) is 6.61 Å². The highest BCUT2D eigenvalue weighted by molar-refractivity contribution is 6.30. The molecule has 3 nitrogen and oxygen atoms in total. The van der Waals surface area contributed by atoms with Crippen LogP contribution in [0.2, 0.25) is 5.15 Å². The topological polar surface area (TPSA) is 33.3 Å². The minimum Gasteiger partial charge on any atom is -0.485 e. The van der Waals surface area contributed by atoms with Gasteiger partial charge >= 0.3 is 5.15 Å². The number of aromatic nitrogens is 1. The summed E-state index contributed by atoms with van der Waals surface area (Å²) in [7, 11) is 1.82. The van der Waals surface area contributed by atoms with E-state index in [1.54, 1.807) is 4.57 Å². The van der Waals surface area contributed by atoms with Gasteiger partial charge in [0, 0.05) is 17.0 Å². The molecule has 0 saturated carbocycles. The first-order valence-electron chi connectivity index (χ1n) is 4.93. The summed E-state index contributed by atoms with van der Waals surface area (Å²) >= 11 is 6.18. The van der Waals surface area contributed by atoms with Crippen LogP contribution in [-0.2, 0) is 19.1 Å². The zero-order chi connectivity index (χ0) is 11.2. The minimum atomic E-state index is -0.0306. The smallest absolute Gasteiger partial charge is 0.317 e. The summed E-state index contributed by atoms with van der Waals surface area (Å²) in [6, 6.07) is 1.97. The summed E-state index contributed by atoms with van der Waals surface area (Å²) < 4.78 is 7.34. The van der Waals surface area contributed by atoms with Gasteiger partial charge in [-0.05, 0) is 11.6 Å². The third kappa shape index (κ3) is 1.50. The summed E-state index contributed by atoms with van der Waals surface area (Å²) in [5, 5.41) is 9.78. The maximum Gasteiger partial charge on any atom is 0.317 e. The number of nitrogens with zero attached hydrogens (tertiary/aromatic N) is 1. The van der Waals surface area contributed by atoms with Crippen LogP contribution in [0, 0.1) is 0 Å². The standard InChI is InChI=1S/C11H15ClNO2/c1-11(2)6-15-9-8(11)4-7(5-14)13(3)10(9)12/h4,14H,5-6H2,1-3H3/q+1. The van der Waals surface area contributed by atoms with E-state index in [4.69, 9.17) is 16.3 Å². The lowest BCUT2D eigenvalue weighted by molar-refractivity contribution is -0.679. The molecule has 0 spiro atoms. The molecule has 0 radical (unpaired) electrons. The molecule has 1 aliphatic heterocycles. The molecule has 4 heteroatoms. The van der Waals surface area contributed by atoms with Gasteiger partial charge in [0.15, 0.2) is 0 Å². The van der Waals surface area contributed by atoms with Crippen LogP contribution in [0.4, 0.5) is 0 Å². The van der Waals surface area contributed by atoms with Crippen molar-refractivity contribution in [2.45, 2.75) is 25.9 Å². The fourth-order valence-corrected chi connectivity index (χ4v) is 2.11. The van der Waals surface area contributed by atoms with Gasteiger partial charge < -0.3 is 9.84 Å². The normalized spacial score (nSPS) is 17.4. The monoisotopic (exact) mass is 228 g/mol. The summed E-state index contributed by atoms with van der Waals surface area (Å²) in [4.78, 5) is 0. The average Bonchev–Trinajstić information content (AvgIpc) is 2.48. The Morgan fingerprint density at radius 2 is 2.27 bits per heavy atom. The predicted octanol–water partition coefficient (Wildman–Crippen LogP) is 1.33. The summed E-state index contributed by atoms with van der Waals surface area (Å²) in [6.45, 7) is 4.84. The van der Waals surface area contributed by atoms with Gasteiger partial charge in [-0.15, -0.1) is 0 Å². The van der Waals surface area contributed by atoms with Crippen molar-refractivity contribution in [2.75, 3.05) is 6.61 Å². The van der Waals surface area contributed by atoms with E-state index in [2.05, 4.69) is 13.8 Å². The van der Waals surface area contributed by atoms with Gasteiger partial charge in [-0.1, -0.05) is 13.8 Å². The summed E-state index contributed by atoms with van der Waals surface area (Å²) in [5.41, 5.74) is 1.85. The van der Waals surface area contributed by atoms with Gasteiger partial charge in [0.1, 0.15) is 13.7 Å². The van der Waals surface area contributed by atoms with Crippen LogP contribution in [0.5, 0.6) is 5.75 Å². The van der Waals surface area contributed by atoms with Crippen LogP contribution in [0.25, 0.3) is 0 Å². The fourth-order valence-electron chi connectivity index (χ4n) is 1.84. The molecule has 0 atom stereocenters. The summed E-state index contributed by atoms with van der Waals surface area (Å²) in [5.74, 6) is 0.751. The first-order chi connectivity index (χ1) is 6.97. The SMILES string of the molecule is C[n+]1c(CO)cc2c(c1Cl)OCC2(C)C. The predicted molar refractivity (Wildman–Crippen MR) is 57.1 cm³/mol.